The SMILES string of the molecule is CC.Cc1ccc(-c2ccc(-c3nnc4c5ccccc5c5ccccc5n34)cc2)cc1. The number of fused-ring (bicyclic) bond motifs is 6. The van der Waals surface area contributed by atoms with Crippen LogP contribution in [0, 0.1) is 6.92 Å². The van der Waals surface area contributed by atoms with E-state index < -0.39 is 0 Å². The topological polar surface area (TPSA) is 30.2 Å². The summed E-state index contributed by atoms with van der Waals surface area (Å²) in [5, 5.41) is 12.7. The van der Waals surface area contributed by atoms with Gasteiger partial charge >= 0.3 is 0 Å². The lowest BCUT2D eigenvalue weighted by atomic mass is 10.0. The fourth-order valence-corrected chi connectivity index (χ4v) is 4.24. The second-order valence-electron chi connectivity index (χ2n) is 7.69. The van der Waals surface area contributed by atoms with Gasteiger partial charge in [0.05, 0.1) is 5.52 Å². The van der Waals surface area contributed by atoms with Crippen LogP contribution in [0.1, 0.15) is 19.4 Å². The Kier molecular flexibility index (Phi) is 5.16. The van der Waals surface area contributed by atoms with Crippen LogP contribution in [0.3, 0.4) is 0 Å². The van der Waals surface area contributed by atoms with Crippen molar-refractivity contribution in [3.8, 4) is 22.5 Å². The molecule has 32 heavy (non-hydrogen) atoms. The Bertz CT molecular complexity index is 1530. The Labute approximate surface area is 188 Å². The molecule has 6 aromatic rings. The van der Waals surface area contributed by atoms with Gasteiger partial charge in [0.25, 0.3) is 0 Å². The van der Waals surface area contributed by atoms with Gasteiger partial charge in [-0.05, 0) is 29.5 Å². The molecule has 0 aliphatic carbocycles. The highest BCUT2D eigenvalue weighted by Gasteiger charge is 2.15. The zero-order valence-electron chi connectivity index (χ0n) is 18.6. The van der Waals surface area contributed by atoms with Crippen LogP contribution in [0.5, 0.6) is 0 Å². The van der Waals surface area contributed by atoms with Crippen LogP contribution in [0.25, 0.3) is 49.8 Å². The zero-order valence-corrected chi connectivity index (χ0v) is 18.6. The van der Waals surface area contributed by atoms with Crippen molar-refractivity contribution in [2.45, 2.75) is 20.8 Å². The minimum absolute atomic E-state index is 0.863. The summed E-state index contributed by atoms with van der Waals surface area (Å²) >= 11 is 0. The van der Waals surface area contributed by atoms with E-state index in [4.69, 9.17) is 0 Å². The molecule has 0 fully saturated rings. The molecule has 0 aliphatic rings. The van der Waals surface area contributed by atoms with Crippen LogP contribution in [-0.4, -0.2) is 14.6 Å². The van der Waals surface area contributed by atoms with Crippen LogP contribution in [0.4, 0.5) is 0 Å². The van der Waals surface area contributed by atoms with Crippen molar-refractivity contribution in [1.29, 1.82) is 0 Å². The molecule has 2 heterocycles. The molecule has 3 heteroatoms. The Hall–Kier alpha value is -3.98. The minimum atomic E-state index is 0.863. The highest BCUT2D eigenvalue weighted by atomic mass is 15.2. The molecule has 0 N–H and O–H groups in total. The molecule has 0 unspecified atom stereocenters. The number of hydrogen-bond donors (Lipinski definition) is 0. The zero-order chi connectivity index (χ0) is 22.1. The molecule has 0 amide bonds. The van der Waals surface area contributed by atoms with E-state index in [-0.39, 0.29) is 0 Å². The maximum Gasteiger partial charge on any atom is 0.169 e. The maximum absolute atomic E-state index is 4.59. The maximum atomic E-state index is 4.59. The first-order valence-electron chi connectivity index (χ1n) is 11.1. The molecule has 0 atom stereocenters. The molecule has 6 rings (SSSR count). The highest BCUT2D eigenvalue weighted by Crippen LogP contribution is 2.32. The van der Waals surface area contributed by atoms with E-state index >= 15 is 0 Å². The van der Waals surface area contributed by atoms with E-state index in [0.717, 1.165) is 27.9 Å². The van der Waals surface area contributed by atoms with Gasteiger partial charge in [0.1, 0.15) is 0 Å². The number of rotatable bonds is 2. The van der Waals surface area contributed by atoms with Crippen molar-refractivity contribution >= 4 is 27.3 Å². The first-order chi connectivity index (χ1) is 15.8. The Morgan fingerprint density at radius 3 is 1.75 bits per heavy atom. The highest BCUT2D eigenvalue weighted by molar-refractivity contribution is 6.12. The number of hydrogen-bond acceptors (Lipinski definition) is 2. The smallest absolute Gasteiger partial charge is 0.169 e. The van der Waals surface area contributed by atoms with Crippen molar-refractivity contribution in [2.75, 3.05) is 0 Å². The quantitative estimate of drug-likeness (QED) is 0.271. The van der Waals surface area contributed by atoms with Crippen LogP contribution in [0.15, 0.2) is 97.1 Å². The van der Waals surface area contributed by atoms with Gasteiger partial charge in [0.15, 0.2) is 11.5 Å². The molecular weight excluding hydrogens is 390 g/mol. The van der Waals surface area contributed by atoms with Gasteiger partial charge in [0.2, 0.25) is 0 Å². The molecule has 0 saturated heterocycles. The second-order valence-corrected chi connectivity index (χ2v) is 7.69. The third kappa shape index (κ3) is 3.23. The molecule has 4 aromatic carbocycles. The van der Waals surface area contributed by atoms with Gasteiger partial charge in [-0.25, -0.2) is 0 Å². The van der Waals surface area contributed by atoms with E-state index in [1.54, 1.807) is 0 Å². The summed E-state index contributed by atoms with van der Waals surface area (Å²) in [6.07, 6.45) is 0. The number of benzene rings is 4. The third-order valence-corrected chi connectivity index (χ3v) is 5.79. The predicted octanol–water partition coefficient (Wildman–Crippen LogP) is 7.70. The van der Waals surface area contributed by atoms with Crippen molar-refractivity contribution in [3.05, 3.63) is 103 Å². The fraction of sp³-hybridized carbons (Fsp3) is 0.103. The van der Waals surface area contributed by atoms with Gasteiger partial charge < -0.3 is 0 Å². The van der Waals surface area contributed by atoms with Crippen LogP contribution < -0.4 is 0 Å². The Balaban J connectivity index is 0.00000105. The van der Waals surface area contributed by atoms with Crippen molar-refractivity contribution in [1.82, 2.24) is 14.6 Å². The molecule has 3 nitrogen and oxygen atoms in total. The van der Waals surface area contributed by atoms with Crippen molar-refractivity contribution < 1.29 is 0 Å². The summed E-state index contributed by atoms with van der Waals surface area (Å²) in [6, 6.07) is 34.1. The fourth-order valence-electron chi connectivity index (χ4n) is 4.24. The number of aromatic nitrogens is 3. The predicted molar refractivity (Wildman–Crippen MR) is 135 cm³/mol. The number of nitrogens with zero attached hydrogens (tertiary/aromatic N) is 3. The van der Waals surface area contributed by atoms with E-state index in [2.05, 4.69) is 119 Å². The van der Waals surface area contributed by atoms with Crippen LogP contribution in [-0.2, 0) is 0 Å². The number of aryl methyl sites for hydroxylation is 1. The van der Waals surface area contributed by atoms with Crippen molar-refractivity contribution in [2.24, 2.45) is 0 Å². The molecule has 0 saturated carbocycles. The van der Waals surface area contributed by atoms with E-state index in [9.17, 15) is 0 Å². The molecule has 2 aromatic heterocycles. The van der Waals surface area contributed by atoms with Gasteiger partial charge in [0, 0.05) is 16.3 Å². The van der Waals surface area contributed by atoms with Gasteiger partial charge in [-0.3, -0.25) is 4.40 Å². The summed E-state index contributed by atoms with van der Waals surface area (Å²) < 4.78 is 2.18. The first-order valence-corrected chi connectivity index (χ1v) is 11.1. The largest absolute Gasteiger partial charge is 0.274 e. The first kappa shape index (κ1) is 20.0. The summed E-state index contributed by atoms with van der Waals surface area (Å²) in [5.41, 5.74) is 6.75. The number of pyridine rings is 1. The lowest BCUT2D eigenvalue weighted by Gasteiger charge is -2.10. The van der Waals surface area contributed by atoms with Crippen LogP contribution >= 0.6 is 0 Å². The summed E-state index contributed by atoms with van der Waals surface area (Å²) in [5.74, 6) is 0.863. The summed E-state index contributed by atoms with van der Waals surface area (Å²) in [7, 11) is 0. The summed E-state index contributed by atoms with van der Waals surface area (Å²) in [6.45, 7) is 6.11. The van der Waals surface area contributed by atoms with E-state index in [0.29, 0.717) is 0 Å². The van der Waals surface area contributed by atoms with Crippen LogP contribution in [0.2, 0.25) is 0 Å². The average Bonchev–Trinajstić information content (AvgIpc) is 3.32. The molecule has 0 aliphatic heterocycles. The van der Waals surface area contributed by atoms with Gasteiger partial charge in [-0.1, -0.05) is 110 Å². The van der Waals surface area contributed by atoms with E-state index in [1.807, 2.05) is 13.8 Å². The average molecular weight is 416 g/mol. The normalized spacial score (nSPS) is 11.0. The van der Waals surface area contributed by atoms with Crippen molar-refractivity contribution in [3.63, 3.8) is 0 Å². The second kappa shape index (κ2) is 8.27. The van der Waals surface area contributed by atoms with Gasteiger partial charge in [-0.15, -0.1) is 10.2 Å². The standard InChI is InChI=1S/C27H19N3.C2H6/c1-18-10-12-19(13-11-18)20-14-16-21(17-15-20)26-28-29-27-24-8-3-2-6-22(24)23-7-4-5-9-25(23)30(26)27;1-2/h2-17H,1H3;1-2H3. The monoisotopic (exact) mass is 415 g/mol. The minimum Gasteiger partial charge on any atom is -0.274 e. The molecule has 0 bridgehead atoms. The number of para-hydroxylation sites is 1. The van der Waals surface area contributed by atoms with E-state index in [1.165, 1.54) is 27.5 Å². The Morgan fingerprint density at radius 1 is 0.531 bits per heavy atom. The summed E-state index contributed by atoms with van der Waals surface area (Å²) in [4.78, 5) is 0. The molecule has 0 spiro atoms. The molecule has 0 radical (unpaired) electrons. The Morgan fingerprint density at radius 2 is 1.06 bits per heavy atom. The third-order valence-electron chi connectivity index (χ3n) is 5.79. The lowest BCUT2D eigenvalue weighted by Crippen LogP contribution is -1.94. The molecule has 156 valence electrons. The van der Waals surface area contributed by atoms with Gasteiger partial charge in [-0.2, -0.15) is 0 Å². The molecular formula is C29H25N3. The lowest BCUT2D eigenvalue weighted by molar-refractivity contribution is 1.12.